The van der Waals surface area contributed by atoms with Crippen LogP contribution in [0, 0.1) is 11.8 Å². The smallest absolute Gasteiger partial charge is 0.245 e. The largest absolute Gasteiger partial charge is 0.508 e. The summed E-state index contributed by atoms with van der Waals surface area (Å²) in [6.07, 6.45) is -0.196. The van der Waals surface area contributed by atoms with E-state index in [0.717, 1.165) is 0 Å². The number of hydrogen-bond acceptors (Lipinski definition) is 17. The first-order valence-electron chi connectivity index (χ1n) is 27.2. The zero-order valence-corrected chi connectivity index (χ0v) is 47.7. The third kappa shape index (κ3) is 26.9. The van der Waals surface area contributed by atoms with Crippen molar-refractivity contribution in [1.82, 2.24) is 58.5 Å². The summed E-state index contributed by atoms with van der Waals surface area (Å²) in [6.45, 7) is 6.40. The number of nitrogens with one attached hydrogen (secondary N) is 11. The van der Waals surface area contributed by atoms with Crippen LogP contribution in [-0.4, -0.2) is 180 Å². The van der Waals surface area contributed by atoms with Gasteiger partial charge >= 0.3 is 0 Å². The van der Waals surface area contributed by atoms with Crippen molar-refractivity contribution >= 4 is 70.9 Å². The van der Waals surface area contributed by atoms with Gasteiger partial charge < -0.3 is 91.0 Å². The first-order valence-corrected chi connectivity index (χ1v) is 27.2. The van der Waals surface area contributed by atoms with E-state index < -0.39 is 164 Å². The number of aromatic hydroxyl groups is 1. The average molecular weight is 1170 g/mol. The van der Waals surface area contributed by atoms with Crippen molar-refractivity contribution in [3.05, 3.63) is 65.7 Å². The van der Waals surface area contributed by atoms with Crippen LogP contribution in [0.5, 0.6) is 5.75 Å². The number of rotatable bonds is 37. The van der Waals surface area contributed by atoms with Gasteiger partial charge in [-0.1, -0.05) is 76.6 Å². The number of aliphatic hydroxyl groups excluding tert-OH is 2. The Bertz CT molecular complexity index is 2500. The predicted octanol–water partition coefficient (Wildman–Crippen LogP) is -5.54. The molecule has 29 heteroatoms. The lowest BCUT2D eigenvalue weighted by atomic mass is 9.96. The van der Waals surface area contributed by atoms with Gasteiger partial charge in [0.25, 0.3) is 0 Å². The summed E-state index contributed by atoms with van der Waals surface area (Å²) in [7, 11) is 0. The number of aliphatic hydroxyl groups is 2. The Morgan fingerprint density at radius 2 is 1.00 bits per heavy atom. The molecule has 10 atom stereocenters. The minimum atomic E-state index is -1.72. The molecule has 0 fully saturated rings. The Balaban J connectivity index is 2.18. The lowest BCUT2D eigenvalue weighted by Gasteiger charge is -2.29. The van der Waals surface area contributed by atoms with Crippen molar-refractivity contribution in [1.29, 1.82) is 0 Å². The fourth-order valence-corrected chi connectivity index (χ4v) is 7.89. The lowest BCUT2D eigenvalue weighted by Crippen LogP contribution is -2.61. The molecule has 0 radical (unpaired) electrons. The van der Waals surface area contributed by atoms with Gasteiger partial charge in [0.1, 0.15) is 48.0 Å². The van der Waals surface area contributed by atoms with Crippen LogP contribution in [0.2, 0.25) is 0 Å². The predicted molar refractivity (Wildman–Crippen MR) is 301 cm³/mol. The number of primary amides is 1. The molecule has 12 amide bonds. The number of phenolic OH excluding ortho intramolecular Hbond substituents is 1. The van der Waals surface area contributed by atoms with Crippen LogP contribution in [-0.2, 0) is 70.4 Å². The van der Waals surface area contributed by atoms with E-state index in [0.29, 0.717) is 43.4 Å². The van der Waals surface area contributed by atoms with Gasteiger partial charge in [0, 0.05) is 12.8 Å². The molecular formula is C54H84N14O15. The van der Waals surface area contributed by atoms with E-state index in [9.17, 15) is 72.9 Å². The van der Waals surface area contributed by atoms with Gasteiger partial charge in [0.15, 0.2) is 0 Å². The highest BCUT2D eigenvalue weighted by Gasteiger charge is 2.36. The Labute approximate surface area is 481 Å². The molecule has 0 aromatic heterocycles. The minimum Gasteiger partial charge on any atom is -0.508 e. The van der Waals surface area contributed by atoms with Gasteiger partial charge in [-0.15, -0.1) is 0 Å². The van der Waals surface area contributed by atoms with E-state index in [2.05, 4.69) is 58.5 Å². The van der Waals surface area contributed by atoms with E-state index in [1.165, 1.54) is 38.1 Å². The molecule has 83 heavy (non-hydrogen) atoms. The highest BCUT2D eigenvalue weighted by molar-refractivity contribution is 5.98. The third-order valence-corrected chi connectivity index (χ3v) is 12.8. The molecule has 0 spiro atoms. The molecule has 29 nitrogen and oxygen atoms in total. The second kappa shape index (κ2) is 36.9. The monoisotopic (exact) mass is 1170 g/mol. The van der Waals surface area contributed by atoms with E-state index in [4.69, 9.17) is 17.2 Å². The molecule has 2 aromatic rings. The SMILES string of the molecule is CC[C@H](C)[C@H](NC(=O)[C@@H](NC(=O)CNC(=O)[C@H](Cc1ccccc1)NC(=O)[C@H](C)NC(=O)CNC(=O)[C@H](CO)NC(=O)CNC(=O)[C@@H](N)CC(C)C)[C@@H](C)O)C(=O)N[C@@H](Cc1ccc(O)cc1)C(=O)N[C@@H](CCCCN)C(=O)NCC(N)=O. The molecular weight excluding hydrogens is 1080 g/mol. The van der Waals surface area contributed by atoms with E-state index in [1.54, 1.807) is 44.2 Å². The highest BCUT2D eigenvalue weighted by atomic mass is 16.3. The molecule has 0 bridgehead atoms. The molecule has 0 aliphatic heterocycles. The summed E-state index contributed by atoms with van der Waals surface area (Å²) in [6, 6.07) is 3.38. The van der Waals surface area contributed by atoms with Crippen LogP contribution >= 0.6 is 0 Å². The molecule has 2 rings (SSSR count). The highest BCUT2D eigenvalue weighted by Crippen LogP contribution is 2.15. The van der Waals surface area contributed by atoms with E-state index >= 15 is 0 Å². The summed E-state index contributed by atoms with van der Waals surface area (Å²) in [5.41, 5.74) is 17.7. The molecule has 0 aliphatic rings. The Kier molecular flexibility index (Phi) is 31.5. The maximum absolute atomic E-state index is 14.2. The molecule has 0 saturated heterocycles. The fraction of sp³-hybridized carbons (Fsp3) is 0.556. The quantitative estimate of drug-likeness (QED) is 0.0281. The van der Waals surface area contributed by atoms with E-state index in [-0.39, 0.29) is 30.9 Å². The summed E-state index contributed by atoms with van der Waals surface area (Å²) < 4.78 is 0. The summed E-state index contributed by atoms with van der Waals surface area (Å²) in [4.78, 5) is 157. The summed E-state index contributed by atoms with van der Waals surface area (Å²) in [5, 5.41) is 57.0. The van der Waals surface area contributed by atoms with Crippen molar-refractivity contribution in [2.45, 2.75) is 141 Å². The summed E-state index contributed by atoms with van der Waals surface area (Å²) >= 11 is 0. The van der Waals surface area contributed by atoms with Gasteiger partial charge in [-0.05, 0) is 81.2 Å². The van der Waals surface area contributed by atoms with Gasteiger partial charge in [0.05, 0.1) is 44.9 Å². The topological polar surface area (TPSA) is 476 Å². The van der Waals surface area contributed by atoms with Gasteiger partial charge in [-0.3, -0.25) is 57.5 Å². The van der Waals surface area contributed by atoms with Crippen LogP contribution in [0.3, 0.4) is 0 Å². The number of nitrogens with two attached hydrogens (primary N) is 3. The number of phenols is 1. The standard InChI is InChI=1S/C54H84N14O15/c1-7-30(4)45(53(82)66-39(23-34-16-18-35(71)19-17-34)52(81)64-37(15-11-12-20-55)49(78)58-24-41(57)72)68-54(83)46(32(6)70)67-44(75)27-60-50(79)38(22-33-13-9-8-10-14-33)65-47(76)31(5)62-42(73)25-61-51(80)40(28-69)63-43(74)26-59-48(77)36(56)21-29(2)3/h8-10,13-14,16-19,29-32,36-40,45-46,69-71H,7,11-12,15,20-28,55-56H2,1-6H3,(H2,57,72)(H,58,78)(H,59,77)(H,60,79)(H,61,80)(H,62,73)(H,63,74)(H,64,81)(H,65,76)(H,66,82)(H,67,75)(H,68,83)/t30-,31-,32+,36-,37-,38-,39-,40-,45-,46-/m0/s1. The molecule has 2 aromatic carbocycles. The molecule has 20 N–H and O–H groups in total. The van der Waals surface area contributed by atoms with Gasteiger partial charge in [-0.2, -0.15) is 0 Å². The second-order valence-electron chi connectivity index (χ2n) is 20.4. The zero-order valence-electron chi connectivity index (χ0n) is 47.7. The number of benzene rings is 2. The maximum atomic E-state index is 14.2. The van der Waals surface area contributed by atoms with Crippen LogP contribution in [0.15, 0.2) is 54.6 Å². The van der Waals surface area contributed by atoms with Gasteiger partial charge in [-0.25, -0.2) is 0 Å². The normalized spacial score (nSPS) is 14.6. The Morgan fingerprint density at radius 1 is 0.518 bits per heavy atom. The van der Waals surface area contributed by atoms with Crippen molar-refractivity contribution in [2.24, 2.45) is 29.0 Å². The maximum Gasteiger partial charge on any atom is 0.245 e. The molecule has 0 aliphatic carbocycles. The first-order chi connectivity index (χ1) is 39.2. The van der Waals surface area contributed by atoms with Gasteiger partial charge in [0.2, 0.25) is 70.9 Å². The number of unbranched alkanes of at least 4 members (excludes halogenated alkanes) is 1. The number of amides is 12. The number of carbonyl (C=O) groups is 12. The van der Waals surface area contributed by atoms with Crippen molar-refractivity contribution < 1.29 is 72.9 Å². The second-order valence-corrected chi connectivity index (χ2v) is 20.4. The van der Waals surface area contributed by atoms with Crippen molar-refractivity contribution in [3.63, 3.8) is 0 Å². The molecule has 0 unspecified atom stereocenters. The van der Waals surface area contributed by atoms with Crippen LogP contribution < -0.4 is 75.7 Å². The minimum absolute atomic E-state index is 0.0755. The molecule has 460 valence electrons. The van der Waals surface area contributed by atoms with Crippen LogP contribution in [0.25, 0.3) is 0 Å². The Hall–Kier alpha value is -8.28. The lowest BCUT2D eigenvalue weighted by molar-refractivity contribution is -0.136. The molecule has 0 heterocycles. The third-order valence-electron chi connectivity index (χ3n) is 12.8. The zero-order chi connectivity index (χ0) is 62.3. The molecule has 0 saturated carbocycles. The average Bonchev–Trinajstić information content (AvgIpc) is 3.49. The van der Waals surface area contributed by atoms with Crippen molar-refractivity contribution in [3.8, 4) is 5.75 Å². The van der Waals surface area contributed by atoms with Crippen LogP contribution in [0.4, 0.5) is 0 Å². The van der Waals surface area contributed by atoms with Crippen molar-refractivity contribution in [2.75, 3.05) is 39.3 Å². The number of hydrogen-bond donors (Lipinski definition) is 17. The van der Waals surface area contributed by atoms with Crippen LogP contribution in [0.1, 0.15) is 84.8 Å². The summed E-state index contributed by atoms with van der Waals surface area (Å²) in [5.74, 6) is -10.9. The Morgan fingerprint density at radius 3 is 1.54 bits per heavy atom. The van der Waals surface area contributed by atoms with E-state index in [1.807, 2.05) is 13.8 Å². The first kappa shape index (κ1) is 70.8. The fourth-order valence-electron chi connectivity index (χ4n) is 7.89. The number of carbonyl (C=O) groups excluding carboxylic acids is 12.